The Kier molecular flexibility index (Phi) is 14.2. The Morgan fingerprint density at radius 1 is 1.14 bits per heavy atom. The Bertz CT molecular complexity index is 390. The van der Waals surface area contributed by atoms with E-state index >= 15 is 0 Å². The van der Waals surface area contributed by atoms with Gasteiger partial charge in [0.2, 0.25) is 0 Å². The maximum atomic E-state index is 4.55. The van der Waals surface area contributed by atoms with Crippen molar-refractivity contribution in [3.63, 3.8) is 0 Å². The molecule has 1 aliphatic carbocycles. The van der Waals surface area contributed by atoms with E-state index in [-0.39, 0.29) is 5.41 Å². The lowest BCUT2D eigenvalue weighted by molar-refractivity contribution is 0.624. The Morgan fingerprint density at radius 3 is 2.29 bits per heavy atom. The highest BCUT2D eigenvalue weighted by atomic mass is 14.7. The van der Waals surface area contributed by atoms with Crippen LogP contribution in [0.15, 0.2) is 52.7 Å². The second-order valence-corrected chi connectivity index (χ2v) is 4.91. The lowest BCUT2D eigenvalue weighted by atomic mass is 9.90. The van der Waals surface area contributed by atoms with Crippen molar-refractivity contribution in [1.29, 1.82) is 0 Å². The standard InChI is InChI=1S/C16H23N.2C2H6/c1-5-7-12-17-15(6-2)14-10-8-9-11-16(3,4)13-14;2*1-2/h6,8-13H,5,7H2,1-4H3;2*1-2H3/b15-6-,17-12?;;. The van der Waals surface area contributed by atoms with Crippen LogP contribution in [0.3, 0.4) is 0 Å². The molecule has 0 aliphatic heterocycles. The summed E-state index contributed by atoms with van der Waals surface area (Å²) >= 11 is 0. The molecule has 1 nitrogen and oxygen atoms in total. The molecule has 0 aromatic heterocycles. The van der Waals surface area contributed by atoms with Crippen LogP contribution in [-0.2, 0) is 0 Å². The highest BCUT2D eigenvalue weighted by Gasteiger charge is 2.13. The monoisotopic (exact) mass is 289 g/mol. The van der Waals surface area contributed by atoms with E-state index in [0.717, 1.165) is 18.5 Å². The van der Waals surface area contributed by atoms with Gasteiger partial charge in [-0.2, -0.15) is 0 Å². The van der Waals surface area contributed by atoms with Crippen molar-refractivity contribution >= 4 is 6.21 Å². The summed E-state index contributed by atoms with van der Waals surface area (Å²) < 4.78 is 0. The molecule has 0 fully saturated rings. The Balaban J connectivity index is 0. The largest absolute Gasteiger partial charge is 0.261 e. The van der Waals surface area contributed by atoms with Gasteiger partial charge in [-0.05, 0) is 18.9 Å². The molecule has 0 unspecified atom stereocenters. The minimum absolute atomic E-state index is 0.0906. The minimum Gasteiger partial charge on any atom is -0.261 e. The topological polar surface area (TPSA) is 12.4 Å². The van der Waals surface area contributed by atoms with Gasteiger partial charge in [-0.1, -0.05) is 91.3 Å². The molecule has 0 heterocycles. The molecule has 0 N–H and O–H groups in total. The summed E-state index contributed by atoms with van der Waals surface area (Å²) in [5.41, 5.74) is 2.36. The van der Waals surface area contributed by atoms with Crippen molar-refractivity contribution in [1.82, 2.24) is 0 Å². The van der Waals surface area contributed by atoms with Gasteiger partial charge in [0.1, 0.15) is 0 Å². The first-order chi connectivity index (χ1) is 10.1. The van der Waals surface area contributed by atoms with E-state index in [4.69, 9.17) is 0 Å². The molecule has 0 amide bonds. The Hall–Kier alpha value is -1.37. The van der Waals surface area contributed by atoms with Crippen LogP contribution in [-0.4, -0.2) is 6.21 Å². The molecule has 0 bridgehead atoms. The third kappa shape index (κ3) is 10.1. The van der Waals surface area contributed by atoms with Crippen LogP contribution in [0, 0.1) is 5.41 Å². The van der Waals surface area contributed by atoms with Crippen molar-refractivity contribution in [3.8, 4) is 0 Å². The van der Waals surface area contributed by atoms with Crippen LogP contribution in [0.25, 0.3) is 0 Å². The van der Waals surface area contributed by atoms with Gasteiger partial charge >= 0.3 is 0 Å². The number of nitrogens with zero attached hydrogens (tertiary/aromatic N) is 1. The van der Waals surface area contributed by atoms with Crippen LogP contribution in [0.5, 0.6) is 0 Å². The molecule has 0 spiro atoms. The molecule has 0 saturated carbocycles. The summed E-state index contributed by atoms with van der Waals surface area (Å²) in [6.45, 7) is 16.6. The summed E-state index contributed by atoms with van der Waals surface area (Å²) in [7, 11) is 0. The maximum absolute atomic E-state index is 4.55. The predicted molar refractivity (Wildman–Crippen MR) is 100.0 cm³/mol. The number of rotatable bonds is 4. The van der Waals surface area contributed by atoms with Gasteiger partial charge in [-0.3, -0.25) is 4.99 Å². The first-order valence-corrected chi connectivity index (χ1v) is 8.37. The van der Waals surface area contributed by atoms with Gasteiger partial charge in [0.25, 0.3) is 0 Å². The maximum Gasteiger partial charge on any atom is 0.0652 e. The van der Waals surface area contributed by atoms with E-state index in [2.05, 4.69) is 62.2 Å². The quantitative estimate of drug-likeness (QED) is 0.499. The van der Waals surface area contributed by atoms with Crippen molar-refractivity contribution in [2.45, 2.75) is 68.2 Å². The third-order valence-corrected chi connectivity index (χ3v) is 2.66. The van der Waals surface area contributed by atoms with Gasteiger partial charge in [-0.15, -0.1) is 0 Å². The third-order valence-electron chi connectivity index (χ3n) is 2.66. The lowest BCUT2D eigenvalue weighted by Gasteiger charge is -2.15. The summed E-state index contributed by atoms with van der Waals surface area (Å²) in [4.78, 5) is 4.55. The van der Waals surface area contributed by atoms with E-state index < -0.39 is 0 Å². The fourth-order valence-corrected chi connectivity index (χ4v) is 1.73. The van der Waals surface area contributed by atoms with Crippen LogP contribution >= 0.6 is 0 Å². The average Bonchev–Trinajstić information content (AvgIpc) is 2.68. The number of unbranched alkanes of at least 4 members (excludes halogenated alkanes) is 1. The molecule has 0 saturated heterocycles. The zero-order valence-corrected chi connectivity index (χ0v) is 15.4. The molecule has 0 atom stereocenters. The van der Waals surface area contributed by atoms with Gasteiger partial charge in [0.05, 0.1) is 5.70 Å². The first kappa shape index (κ1) is 21.9. The van der Waals surface area contributed by atoms with Crippen LogP contribution in [0.2, 0.25) is 0 Å². The lowest BCUT2D eigenvalue weighted by Crippen LogP contribution is -2.03. The zero-order valence-electron chi connectivity index (χ0n) is 15.4. The molecular weight excluding hydrogens is 254 g/mol. The fourth-order valence-electron chi connectivity index (χ4n) is 1.73. The van der Waals surface area contributed by atoms with E-state index in [9.17, 15) is 0 Å². The molecule has 1 heteroatoms. The number of aliphatic imine (C=N–C) groups is 1. The van der Waals surface area contributed by atoms with Crippen LogP contribution in [0.4, 0.5) is 0 Å². The molecular formula is C20H35N. The van der Waals surface area contributed by atoms with Gasteiger partial charge in [-0.25, -0.2) is 0 Å². The molecule has 21 heavy (non-hydrogen) atoms. The molecule has 1 aliphatic rings. The van der Waals surface area contributed by atoms with Crippen molar-refractivity contribution in [2.75, 3.05) is 0 Å². The van der Waals surface area contributed by atoms with Gasteiger partial charge in [0, 0.05) is 11.6 Å². The minimum atomic E-state index is 0.0906. The van der Waals surface area contributed by atoms with Gasteiger partial charge in [0.15, 0.2) is 0 Å². The summed E-state index contributed by atoms with van der Waals surface area (Å²) in [5.74, 6) is 0. The van der Waals surface area contributed by atoms with E-state index in [0.29, 0.717) is 0 Å². The zero-order chi connectivity index (χ0) is 16.7. The number of hydrogen-bond acceptors (Lipinski definition) is 1. The molecule has 0 aromatic rings. The Labute approximate surface area is 133 Å². The molecule has 120 valence electrons. The highest BCUT2D eigenvalue weighted by Crippen LogP contribution is 2.27. The predicted octanol–water partition coefficient (Wildman–Crippen LogP) is 6.89. The van der Waals surface area contributed by atoms with Crippen molar-refractivity contribution in [3.05, 3.63) is 47.7 Å². The van der Waals surface area contributed by atoms with E-state index in [1.165, 1.54) is 5.57 Å². The second-order valence-electron chi connectivity index (χ2n) is 4.91. The average molecular weight is 290 g/mol. The van der Waals surface area contributed by atoms with Crippen LogP contribution < -0.4 is 0 Å². The molecule has 0 aromatic carbocycles. The van der Waals surface area contributed by atoms with Crippen molar-refractivity contribution < 1.29 is 0 Å². The smallest absolute Gasteiger partial charge is 0.0652 e. The Morgan fingerprint density at radius 2 is 1.76 bits per heavy atom. The van der Waals surface area contributed by atoms with Crippen LogP contribution in [0.1, 0.15) is 68.2 Å². The second kappa shape index (κ2) is 13.6. The number of allylic oxidation sites excluding steroid dienone is 6. The molecule has 1 rings (SSSR count). The van der Waals surface area contributed by atoms with E-state index in [1.54, 1.807) is 0 Å². The summed E-state index contributed by atoms with van der Waals surface area (Å²) in [6.07, 6.45) is 17.1. The summed E-state index contributed by atoms with van der Waals surface area (Å²) in [5, 5.41) is 0. The summed E-state index contributed by atoms with van der Waals surface area (Å²) in [6, 6.07) is 0. The highest BCUT2D eigenvalue weighted by molar-refractivity contribution is 5.61. The fraction of sp³-hybridized carbons (Fsp3) is 0.550. The molecule has 0 radical (unpaired) electrons. The van der Waals surface area contributed by atoms with Crippen molar-refractivity contribution in [2.24, 2.45) is 10.4 Å². The van der Waals surface area contributed by atoms with Gasteiger partial charge < -0.3 is 0 Å². The normalized spacial score (nSPS) is 16.4. The van der Waals surface area contributed by atoms with E-state index in [1.807, 2.05) is 40.8 Å². The number of hydrogen-bond donors (Lipinski definition) is 0. The SMILES string of the molecule is C/C=C(\N=CCCC)C1=CC(C)(C)C=CC=C1.CC.CC. The first-order valence-electron chi connectivity index (χ1n) is 8.37.